The second-order valence-corrected chi connectivity index (χ2v) is 5.38. The molecule has 2 aromatic rings. The Hall–Kier alpha value is -2.21. The molecule has 1 heterocycles. The summed E-state index contributed by atoms with van der Waals surface area (Å²) in [7, 11) is 0. The third-order valence-corrected chi connectivity index (χ3v) is 3.86. The number of ether oxygens (including phenoxy) is 1. The van der Waals surface area contributed by atoms with E-state index in [9.17, 15) is 10.1 Å². The van der Waals surface area contributed by atoms with Crippen molar-refractivity contribution in [3.63, 3.8) is 0 Å². The molecular weight excluding hydrogens is 270 g/mol. The lowest BCUT2D eigenvalue weighted by Gasteiger charge is -2.35. The molecule has 0 N–H and O–H groups in total. The van der Waals surface area contributed by atoms with Crippen molar-refractivity contribution in [3.05, 3.63) is 57.9 Å². The average molecular weight is 287 g/mol. The van der Waals surface area contributed by atoms with E-state index in [1.54, 1.807) is 11.6 Å². The zero-order chi connectivity index (χ0) is 14.8. The van der Waals surface area contributed by atoms with E-state index in [0.29, 0.717) is 12.3 Å². The van der Waals surface area contributed by atoms with Crippen LogP contribution in [0.25, 0.3) is 0 Å². The normalized spacial score (nSPS) is 21.0. The summed E-state index contributed by atoms with van der Waals surface area (Å²) in [6.07, 6.45) is 3.43. The van der Waals surface area contributed by atoms with Crippen molar-refractivity contribution in [2.24, 2.45) is 0 Å². The quantitative estimate of drug-likeness (QED) is 0.626. The molecule has 6 heteroatoms. The molecule has 0 unspecified atom stereocenters. The highest BCUT2D eigenvalue weighted by Crippen LogP contribution is 2.35. The molecule has 6 nitrogen and oxygen atoms in total. The van der Waals surface area contributed by atoms with Crippen LogP contribution >= 0.6 is 0 Å². The maximum absolute atomic E-state index is 10.8. The Kier molecular flexibility index (Phi) is 3.70. The van der Waals surface area contributed by atoms with Gasteiger partial charge in [-0.3, -0.25) is 14.8 Å². The molecule has 0 atom stereocenters. The second kappa shape index (κ2) is 5.65. The van der Waals surface area contributed by atoms with Gasteiger partial charge < -0.3 is 4.74 Å². The van der Waals surface area contributed by atoms with Gasteiger partial charge in [0.2, 0.25) is 0 Å². The molecule has 0 bridgehead atoms. The van der Waals surface area contributed by atoms with Crippen LogP contribution < -0.4 is 0 Å². The average Bonchev–Trinajstić information content (AvgIpc) is 2.80. The highest BCUT2D eigenvalue weighted by Gasteiger charge is 2.33. The molecule has 0 aliphatic heterocycles. The molecule has 3 rings (SSSR count). The van der Waals surface area contributed by atoms with Crippen molar-refractivity contribution in [1.82, 2.24) is 9.78 Å². The molecule has 0 saturated heterocycles. The van der Waals surface area contributed by atoms with E-state index in [-0.39, 0.29) is 22.8 Å². The maximum Gasteiger partial charge on any atom is 0.309 e. The van der Waals surface area contributed by atoms with Gasteiger partial charge in [0, 0.05) is 0 Å². The first kappa shape index (κ1) is 13.8. The Morgan fingerprint density at radius 1 is 1.38 bits per heavy atom. The van der Waals surface area contributed by atoms with Crippen molar-refractivity contribution in [2.45, 2.75) is 38.5 Å². The summed E-state index contributed by atoms with van der Waals surface area (Å²) in [5.74, 6) is 0. The van der Waals surface area contributed by atoms with E-state index in [1.807, 2.05) is 30.3 Å². The highest BCUT2D eigenvalue weighted by atomic mass is 16.6. The predicted molar refractivity (Wildman–Crippen MR) is 76.9 cm³/mol. The Labute approximate surface area is 122 Å². The highest BCUT2D eigenvalue weighted by molar-refractivity contribution is 5.31. The van der Waals surface area contributed by atoms with E-state index in [1.165, 1.54) is 6.20 Å². The summed E-state index contributed by atoms with van der Waals surface area (Å²) in [4.78, 5) is 10.4. The first-order chi connectivity index (χ1) is 10.1. The summed E-state index contributed by atoms with van der Waals surface area (Å²) >= 11 is 0. The van der Waals surface area contributed by atoms with Gasteiger partial charge in [-0.15, -0.1) is 0 Å². The summed E-state index contributed by atoms with van der Waals surface area (Å²) in [5.41, 5.74) is 1.71. The van der Waals surface area contributed by atoms with Crippen LogP contribution in [0.2, 0.25) is 0 Å². The van der Waals surface area contributed by atoms with Crippen LogP contribution in [0, 0.1) is 17.0 Å². The van der Waals surface area contributed by atoms with Gasteiger partial charge in [0.05, 0.1) is 23.7 Å². The van der Waals surface area contributed by atoms with E-state index in [2.05, 4.69) is 5.10 Å². The SMILES string of the molecule is Cc1nn([C@H]2C[C@H](OCc3ccccc3)C2)cc1[N+](=O)[O-]. The number of hydrogen-bond acceptors (Lipinski definition) is 4. The molecule has 1 saturated carbocycles. The van der Waals surface area contributed by atoms with Crippen molar-refractivity contribution in [2.75, 3.05) is 0 Å². The fourth-order valence-electron chi connectivity index (χ4n) is 2.52. The molecule has 1 aromatic heterocycles. The van der Waals surface area contributed by atoms with Crippen molar-refractivity contribution < 1.29 is 9.66 Å². The van der Waals surface area contributed by atoms with Crippen molar-refractivity contribution >= 4 is 5.69 Å². The molecule has 110 valence electrons. The number of benzene rings is 1. The van der Waals surface area contributed by atoms with Crippen LogP contribution in [-0.4, -0.2) is 20.8 Å². The minimum Gasteiger partial charge on any atom is -0.373 e. The number of nitro groups is 1. The zero-order valence-electron chi connectivity index (χ0n) is 11.8. The first-order valence-electron chi connectivity index (χ1n) is 6.99. The van der Waals surface area contributed by atoms with E-state index in [0.717, 1.165) is 18.4 Å². The van der Waals surface area contributed by atoms with E-state index in [4.69, 9.17) is 4.74 Å². The summed E-state index contributed by atoms with van der Waals surface area (Å²) in [6, 6.07) is 10.3. The van der Waals surface area contributed by atoms with Crippen LogP contribution in [0.3, 0.4) is 0 Å². The topological polar surface area (TPSA) is 70.2 Å². The van der Waals surface area contributed by atoms with Crippen LogP contribution in [-0.2, 0) is 11.3 Å². The van der Waals surface area contributed by atoms with Gasteiger partial charge in [0.1, 0.15) is 11.9 Å². The molecule has 1 aliphatic carbocycles. The fourth-order valence-corrected chi connectivity index (χ4v) is 2.52. The molecule has 1 aromatic carbocycles. The number of aryl methyl sites for hydroxylation is 1. The number of hydrogen-bond donors (Lipinski definition) is 0. The lowest BCUT2D eigenvalue weighted by Crippen LogP contribution is -2.33. The van der Waals surface area contributed by atoms with E-state index >= 15 is 0 Å². The first-order valence-corrected chi connectivity index (χ1v) is 6.99. The van der Waals surface area contributed by atoms with Crippen LogP contribution in [0.1, 0.15) is 30.1 Å². The number of aromatic nitrogens is 2. The Morgan fingerprint density at radius 2 is 2.10 bits per heavy atom. The summed E-state index contributed by atoms with van der Waals surface area (Å²) in [5, 5.41) is 15.0. The largest absolute Gasteiger partial charge is 0.373 e. The molecule has 0 amide bonds. The van der Waals surface area contributed by atoms with Gasteiger partial charge in [-0.25, -0.2) is 0 Å². The molecule has 1 aliphatic rings. The van der Waals surface area contributed by atoms with Crippen LogP contribution in [0.15, 0.2) is 36.5 Å². The summed E-state index contributed by atoms with van der Waals surface area (Å²) < 4.78 is 7.53. The number of rotatable bonds is 5. The van der Waals surface area contributed by atoms with Gasteiger partial charge in [-0.05, 0) is 25.3 Å². The smallest absolute Gasteiger partial charge is 0.309 e. The fraction of sp³-hybridized carbons (Fsp3) is 0.400. The lowest BCUT2D eigenvalue weighted by molar-refractivity contribution is -0.385. The number of nitrogens with zero attached hydrogens (tertiary/aromatic N) is 3. The molecule has 0 spiro atoms. The third-order valence-electron chi connectivity index (χ3n) is 3.86. The van der Waals surface area contributed by atoms with Gasteiger partial charge in [-0.1, -0.05) is 30.3 Å². The Bertz CT molecular complexity index is 633. The van der Waals surface area contributed by atoms with Crippen LogP contribution in [0.5, 0.6) is 0 Å². The van der Waals surface area contributed by atoms with Gasteiger partial charge in [0.15, 0.2) is 0 Å². The minimum absolute atomic E-state index is 0.0867. The summed E-state index contributed by atoms with van der Waals surface area (Å²) in [6.45, 7) is 2.27. The van der Waals surface area contributed by atoms with E-state index < -0.39 is 0 Å². The zero-order valence-corrected chi connectivity index (χ0v) is 11.8. The van der Waals surface area contributed by atoms with Crippen molar-refractivity contribution in [1.29, 1.82) is 0 Å². The van der Waals surface area contributed by atoms with Gasteiger partial charge in [0.25, 0.3) is 0 Å². The predicted octanol–water partition coefficient (Wildman–Crippen LogP) is 3.02. The lowest BCUT2D eigenvalue weighted by atomic mass is 9.89. The Morgan fingerprint density at radius 3 is 2.71 bits per heavy atom. The Balaban J connectivity index is 1.51. The standard InChI is InChI=1S/C15H17N3O3/c1-11-15(18(19)20)9-17(16-11)13-7-14(8-13)21-10-12-5-3-2-4-6-12/h2-6,9,13-14H,7-8,10H2,1H3/t13-,14-. The minimum atomic E-state index is -0.388. The molecule has 0 radical (unpaired) electrons. The third kappa shape index (κ3) is 2.95. The molecular formula is C15H17N3O3. The monoisotopic (exact) mass is 287 g/mol. The van der Waals surface area contributed by atoms with Crippen molar-refractivity contribution in [3.8, 4) is 0 Å². The second-order valence-electron chi connectivity index (χ2n) is 5.38. The maximum atomic E-state index is 10.8. The van der Waals surface area contributed by atoms with Gasteiger partial charge >= 0.3 is 5.69 Å². The molecule has 21 heavy (non-hydrogen) atoms. The van der Waals surface area contributed by atoms with Gasteiger partial charge in [-0.2, -0.15) is 5.10 Å². The molecule has 1 fully saturated rings. The van der Waals surface area contributed by atoms with Crippen LogP contribution in [0.4, 0.5) is 5.69 Å².